The van der Waals surface area contributed by atoms with E-state index in [2.05, 4.69) is 17.0 Å². The summed E-state index contributed by atoms with van der Waals surface area (Å²) in [6.45, 7) is 3.96. The smallest absolute Gasteiger partial charge is 0.409 e. The zero-order chi connectivity index (χ0) is 17.8. The molecule has 0 unspecified atom stereocenters. The van der Waals surface area contributed by atoms with E-state index in [1.165, 1.54) is 6.07 Å². The van der Waals surface area contributed by atoms with E-state index < -0.39 is 6.09 Å². The lowest BCUT2D eigenvalue weighted by Gasteiger charge is -2.10. The summed E-state index contributed by atoms with van der Waals surface area (Å²) in [4.78, 5) is 23.0. The number of amides is 1. The highest BCUT2D eigenvalue weighted by molar-refractivity contribution is 5.85. The number of benzene rings is 2. The third-order valence-electron chi connectivity index (χ3n) is 3.58. The van der Waals surface area contributed by atoms with Crippen molar-refractivity contribution in [3.63, 3.8) is 0 Å². The van der Waals surface area contributed by atoms with E-state index in [4.69, 9.17) is 5.11 Å². The average molecular weight is 333 g/mol. The van der Waals surface area contributed by atoms with Crippen LogP contribution in [0.25, 0.3) is 11.3 Å². The Hall–Kier alpha value is -3.67. The molecule has 0 spiro atoms. The molecule has 6 nitrogen and oxygen atoms in total. The third kappa shape index (κ3) is 3.64. The second-order valence-corrected chi connectivity index (χ2v) is 5.30. The molecule has 0 bridgehead atoms. The van der Waals surface area contributed by atoms with Gasteiger partial charge in [0.05, 0.1) is 5.69 Å². The molecule has 3 rings (SSSR count). The van der Waals surface area contributed by atoms with E-state index in [1.54, 1.807) is 35.1 Å². The summed E-state index contributed by atoms with van der Waals surface area (Å²) in [5.41, 5.74) is 2.20. The van der Waals surface area contributed by atoms with Crippen molar-refractivity contribution >= 4 is 17.4 Å². The minimum absolute atomic E-state index is 0.207. The zero-order valence-electron chi connectivity index (χ0n) is 13.2. The maximum atomic E-state index is 12.2. The van der Waals surface area contributed by atoms with Gasteiger partial charge in [-0.2, -0.15) is 5.10 Å². The van der Waals surface area contributed by atoms with E-state index in [0.717, 1.165) is 5.69 Å². The van der Waals surface area contributed by atoms with Gasteiger partial charge in [0.1, 0.15) is 5.69 Å². The molecule has 0 fully saturated rings. The Balaban J connectivity index is 2.00. The van der Waals surface area contributed by atoms with Crippen molar-refractivity contribution in [3.05, 3.63) is 94.9 Å². The van der Waals surface area contributed by atoms with Gasteiger partial charge in [0, 0.05) is 23.5 Å². The lowest BCUT2D eigenvalue weighted by atomic mass is 10.0. The first-order valence-corrected chi connectivity index (χ1v) is 7.49. The van der Waals surface area contributed by atoms with Crippen LogP contribution in [0.4, 0.5) is 10.5 Å². The molecule has 3 aromatic rings. The number of hydrogen-bond donors (Lipinski definition) is 2. The minimum atomic E-state index is -1.16. The summed E-state index contributed by atoms with van der Waals surface area (Å²) in [5, 5.41) is 15.5. The molecule has 0 saturated carbocycles. The van der Waals surface area contributed by atoms with E-state index in [9.17, 15) is 9.59 Å². The Morgan fingerprint density at radius 1 is 1.08 bits per heavy atom. The van der Waals surface area contributed by atoms with Crippen LogP contribution in [0, 0.1) is 0 Å². The first kappa shape index (κ1) is 16.2. The highest BCUT2D eigenvalue weighted by atomic mass is 16.4. The van der Waals surface area contributed by atoms with Gasteiger partial charge in [-0.3, -0.25) is 10.1 Å². The molecule has 0 aliphatic rings. The summed E-state index contributed by atoms with van der Waals surface area (Å²) >= 11 is 0. The Bertz CT molecular complexity index is 994. The van der Waals surface area contributed by atoms with Crippen LogP contribution in [0.1, 0.15) is 11.3 Å². The van der Waals surface area contributed by atoms with Crippen molar-refractivity contribution in [2.45, 2.75) is 0 Å². The largest absolute Gasteiger partial charge is 0.465 e. The van der Waals surface area contributed by atoms with Crippen molar-refractivity contribution in [2.24, 2.45) is 0 Å². The Kier molecular flexibility index (Phi) is 4.43. The van der Waals surface area contributed by atoms with Gasteiger partial charge in [-0.15, -0.1) is 0 Å². The highest BCUT2D eigenvalue weighted by Crippen LogP contribution is 2.21. The number of para-hydroxylation sites is 1. The molecule has 0 radical (unpaired) electrons. The van der Waals surface area contributed by atoms with Gasteiger partial charge in [0.2, 0.25) is 5.43 Å². The molecule has 1 amide bonds. The molecule has 0 aliphatic heterocycles. The average Bonchev–Trinajstić information content (AvgIpc) is 2.62. The second kappa shape index (κ2) is 6.84. The molecular weight excluding hydrogens is 318 g/mol. The first-order valence-electron chi connectivity index (χ1n) is 7.49. The van der Waals surface area contributed by atoms with E-state index in [-0.39, 0.29) is 11.1 Å². The van der Waals surface area contributed by atoms with Gasteiger partial charge >= 0.3 is 6.09 Å². The maximum absolute atomic E-state index is 12.2. The monoisotopic (exact) mass is 333 g/mol. The topological polar surface area (TPSA) is 84.2 Å². The molecule has 25 heavy (non-hydrogen) atoms. The fourth-order valence-electron chi connectivity index (χ4n) is 2.39. The predicted octanol–water partition coefficient (Wildman–Crippen LogP) is 3.38. The molecule has 2 N–H and O–H groups in total. The van der Waals surface area contributed by atoms with Crippen LogP contribution in [0.5, 0.6) is 0 Å². The van der Waals surface area contributed by atoms with Crippen LogP contribution in [-0.4, -0.2) is 21.0 Å². The van der Waals surface area contributed by atoms with Crippen LogP contribution in [0.15, 0.2) is 78.2 Å². The van der Waals surface area contributed by atoms with Crippen LogP contribution in [0.2, 0.25) is 0 Å². The summed E-state index contributed by atoms with van der Waals surface area (Å²) < 4.78 is 1.60. The zero-order valence-corrected chi connectivity index (χ0v) is 13.2. The SMILES string of the molecule is C=C(c1cccc(NC(=O)O)c1)c1nn(-c2ccccc2)ccc1=O. The molecule has 0 saturated heterocycles. The number of nitrogens with zero attached hydrogens (tertiary/aromatic N) is 2. The molecular formula is C19H15N3O3. The molecule has 1 aromatic heterocycles. The van der Waals surface area contributed by atoms with Gasteiger partial charge in [-0.1, -0.05) is 36.9 Å². The normalized spacial score (nSPS) is 10.2. The van der Waals surface area contributed by atoms with E-state index >= 15 is 0 Å². The number of nitrogens with one attached hydrogen (secondary N) is 1. The van der Waals surface area contributed by atoms with Crippen molar-refractivity contribution in [1.29, 1.82) is 0 Å². The fraction of sp³-hybridized carbons (Fsp3) is 0. The lowest BCUT2D eigenvalue weighted by molar-refractivity contribution is 0.210. The van der Waals surface area contributed by atoms with Crippen molar-refractivity contribution in [3.8, 4) is 5.69 Å². The van der Waals surface area contributed by atoms with Crippen LogP contribution in [0.3, 0.4) is 0 Å². The molecule has 0 atom stereocenters. The maximum Gasteiger partial charge on any atom is 0.409 e. The molecule has 6 heteroatoms. The second-order valence-electron chi connectivity index (χ2n) is 5.30. The van der Waals surface area contributed by atoms with Crippen LogP contribution < -0.4 is 10.7 Å². The molecule has 124 valence electrons. The van der Waals surface area contributed by atoms with Crippen LogP contribution >= 0.6 is 0 Å². The Morgan fingerprint density at radius 3 is 2.56 bits per heavy atom. The predicted molar refractivity (Wildman–Crippen MR) is 96.1 cm³/mol. The van der Waals surface area contributed by atoms with Gasteiger partial charge in [0.15, 0.2) is 0 Å². The van der Waals surface area contributed by atoms with E-state index in [0.29, 0.717) is 16.8 Å². The Labute approximate surface area is 143 Å². The summed E-state index contributed by atoms with van der Waals surface area (Å²) in [5.74, 6) is 0. The quantitative estimate of drug-likeness (QED) is 0.766. The number of carbonyl (C=O) groups is 1. The number of rotatable bonds is 4. The number of anilines is 1. The minimum Gasteiger partial charge on any atom is -0.465 e. The van der Waals surface area contributed by atoms with Gasteiger partial charge in [-0.05, 0) is 29.8 Å². The first-order chi connectivity index (χ1) is 12.0. The summed E-state index contributed by atoms with van der Waals surface area (Å²) in [6, 6.07) is 17.5. The molecule has 0 aliphatic carbocycles. The number of aromatic nitrogens is 2. The van der Waals surface area contributed by atoms with Gasteiger partial charge in [-0.25, -0.2) is 9.48 Å². The van der Waals surface area contributed by atoms with Gasteiger partial charge in [0.25, 0.3) is 0 Å². The van der Waals surface area contributed by atoms with Crippen LogP contribution in [-0.2, 0) is 0 Å². The third-order valence-corrected chi connectivity index (χ3v) is 3.58. The summed E-state index contributed by atoms with van der Waals surface area (Å²) in [7, 11) is 0. The van der Waals surface area contributed by atoms with Crippen molar-refractivity contribution in [2.75, 3.05) is 5.32 Å². The number of hydrogen-bond acceptors (Lipinski definition) is 3. The van der Waals surface area contributed by atoms with Gasteiger partial charge < -0.3 is 5.11 Å². The fourth-order valence-corrected chi connectivity index (χ4v) is 2.39. The Morgan fingerprint density at radius 2 is 1.84 bits per heavy atom. The van der Waals surface area contributed by atoms with Crippen molar-refractivity contribution < 1.29 is 9.90 Å². The van der Waals surface area contributed by atoms with E-state index in [1.807, 2.05) is 30.3 Å². The van der Waals surface area contributed by atoms with Crippen molar-refractivity contribution in [1.82, 2.24) is 9.78 Å². The molecule has 1 heterocycles. The molecule has 2 aromatic carbocycles. The standard InChI is InChI=1S/C19H15N3O3/c1-13(14-6-5-7-15(12-14)20-19(24)25)18-17(23)10-11-22(21-18)16-8-3-2-4-9-16/h2-12,20H,1H2,(H,24,25). The highest BCUT2D eigenvalue weighted by Gasteiger charge is 2.11. The number of carboxylic acid groups (broad SMARTS) is 1. The summed E-state index contributed by atoms with van der Waals surface area (Å²) in [6.07, 6.45) is 0.434. The lowest BCUT2D eigenvalue weighted by Crippen LogP contribution is -2.15.